The molecule has 4 nitrogen and oxygen atoms in total. The predicted molar refractivity (Wildman–Crippen MR) is 83.0 cm³/mol. The van der Waals surface area contributed by atoms with Crippen LogP contribution in [-0.2, 0) is 9.53 Å². The van der Waals surface area contributed by atoms with Crippen molar-refractivity contribution in [2.45, 2.75) is 70.2 Å². The van der Waals surface area contributed by atoms with Crippen LogP contribution in [0.4, 0.5) is 0 Å². The van der Waals surface area contributed by atoms with Crippen LogP contribution in [0.2, 0.25) is 0 Å². The van der Waals surface area contributed by atoms with E-state index < -0.39 is 0 Å². The first-order valence-electron chi connectivity index (χ1n) is 8.84. The number of carbonyl (C=O) groups is 1. The third-order valence-corrected chi connectivity index (χ3v) is 5.80. The molecule has 0 spiro atoms. The van der Waals surface area contributed by atoms with Gasteiger partial charge >= 0.3 is 5.97 Å². The molecular formula is C18H28O4. The summed E-state index contributed by atoms with van der Waals surface area (Å²) in [5.41, 5.74) is 0. The van der Waals surface area contributed by atoms with E-state index in [1.165, 1.54) is 0 Å². The molecule has 7 atom stereocenters. The first kappa shape index (κ1) is 16.0. The van der Waals surface area contributed by atoms with Crippen molar-refractivity contribution in [3.63, 3.8) is 0 Å². The Labute approximate surface area is 132 Å². The molecule has 3 unspecified atom stereocenters. The fourth-order valence-corrected chi connectivity index (χ4v) is 4.72. The molecule has 0 aromatic heterocycles. The van der Waals surface area contributed by atoms with Gasteiger partial charge in [-0.3, -0.25) is 4.79 Å². The monoisotopic (exact) mass is 308 g/mol. The van der Waals surface area contributed by atoms with Gasteiger partial charge in [-0.05, 0) is 56.3 Å². The number of hydrogen-bond acceptors (Lipinski definition) is 4. The van der Waals surface area contributed by atoms with E-state index in [9.17, 15) is 15.0 Å². The summed E-state index contributed by atoms with van der Waals surface area (Å²) in [6, 6.07) is 0. The van der Waals surface area contributed by atoms with Crippen LogP contribution in [0, 0.1) is 23.7 Å². The van der Waals surface area contributed by atoms with Gasteiger partial charge in [-0.1, -0.05) is 19.1 Å². The number of rotatable bonds is 1. The van der Waals surface area contributed by atoms with Gasteiger partial charge in [-0.25, -0.2) is 0 Å². The van der Waals surface area contributed by atoms with E-state index in [0.717, 1.165) is 25.7 Å². The lowest BCUT2D eigenvalue weighted by molar-refractivity contribution is -0.153. The standard InChI is InChI=1S/C18H28O4/c1-2-14-11-10-13(20)18-16(11)17(18)12(19)8-6-4-3-5-7-9-15(21)22-14/h4,6,11-14,16-20H,2-3,5,7-10H2,1H3/b6-4-/t11-,12?,13-,14?,16+,17?,18+/m0/s1. The van der Waals surface area contributed by atoms with Crippen LogP contribution in [0.25, 0.3) is 0 Å². The largest absolute Gasteiger partial charge is 0.462 e. The van der Waals surface area contributed by atoms with Gasteiger partial charge in [0.1, 0.15) is 6.10 Å². The highest BCUT2D eigenvalue weighted by Crippen LogP contribution is 2.63. The molecule has 2 saturated carbocycles. The topological polar surface area (TPSA) is 66.8 Å². The number of aliphatic hydroxyl groups excluding tert-OH is 2. The first-order chi connectivity index (χ1) is 10.6. The van der Waals surface area contributed by atoms with Crippen molar-refractivity contribution in [3.05, 3.63) is 12.2 Å². The Balaban J connectivity index is 1.75. The van der Waals surface area contributed by atoms with Crippen LogP contribution in [0.5, 0.6) is 0 Å². The van der Waals surface area contributed by atoms with Crippen molar-refractivity contribution in [3.8, 4) is 0 Å². The SMILES string of the molecule is CCC1OC(=O)CCCC/C=C\CC(O)C2[C@@H]3[C@H]2[C@@H](O)C[C@@H]13. The Morgan fingerprint density at radius 2 is 1.91 bits per heavy atom. The second kappa shape index (κ2) is 6.71. The molecule has 3 rings (SSSR count). The van der Waals surface area contributed by atoms with Gasteiger partial charge in [-0.2, -0.15) is 0 Å². The number of esters is 1. The second-order valence-electron chi connectivity index (χ2n) is 7.16. The number of aliphatic hydroxyl groups is 2. The summed E-state index contributed by atoms with van der Waals surface area (Å²) < 4.78 is 5.71. The average Bonchev–Trinajstić information content (AvgIpc) is 3.15. The Hall–Kier alpha value is -0.870. The number of hydrogen-bond donors (Lipinski definition) is 2. The molecule has 4 heteroatoms. The summed E-state index contributed by atoms with van der Waals surface area (Å²) in [6.07, 6.45) is 8.76. The zero-order chi connectivity index (χ0) is 15.7. The van der Waals surface area contributed by atoms with Crippen molar-refractivity contribution >= 4 is 5.97 Å². The van der Waals surface area contributed by atoms with Gasteiger partial charge in [0, 0.05) is 12.3 Å². The minimum atomic E-state index is -0.375. The van der Waals surface area contributed by atoms with Gasteiger partial charge in [0.25, 0.3) is 0 Å². The zero-order valence-electron chi connectivity index (χ0n) is 13.4. The maximum Gasteiger partial charge on any atom is 0.306 e. The Morgan fingerprint density at radius 3 is 2.68 bits per heavy atom. The van der Waals surface area contributed by atoms with Crippen LogP contribution < -0.4 is 0 Å². The Morgan fingerprint density at radius 1 is 1.14 bits per heavy atom. The van der Waals surface area contributed by atoms with E-state index >= 15 is 0 Å². The van der Waals surface area contributed by atoms with Crippen molar-refractivity contribution in [2.24, 2.45) is 23.7 Å². The normalized spacial score (nSPS) is 47.2. The van der Waals surface area contributed by atoms with E-state index in [1.54, 1.807) is 0 Å². The molecule has 0 radical (unpaired) electrons. The molecule has 3 aliphatic rings. The van der Waals surface area contributed by atoms with Gasteiger partial charge in [-0.15, -0.1) is 0 Å². The van der Waals surface area contributed by atoms with Crippen molar-refractivity contribution in [1.82, 2.24) is 0 Å². The number of ether oxygens (including phenoxy) is 1. The van der Waals surface area contributed by atoms with E-state index in [-0.39, 0.29) is 42.0 Å². The summed E-state index contributed by atoms with van der Waals surface area (Å²) in [5.74, 6) is 0.795. The number of fused-ring (bicyclic) bond motifs is 1. The summed E-state index contributed by atoms with van der Waals surface area (Å²) in [6.45, 7) is 2.04. The number of cyclic esters (lactones) is 1. The molecule has 1 heterocycles. The summed E-state index contributed by atoms with van der Waals surface area (Å²) in [4.78, 5) is 12.0. The lowest BCUT2D eigenvalue weighted by Gasteiger charge is -2.27. The van der Waals surface area contributed by atoms with Crippen LogP contribution in [0.15, 0.2) is 12.2 Å². The van der Waals surface area contributed by atoms with E-state index in [0.29, 0.717) is 25.2 Å². The van der Waals surface area contributed by atoms with Crippen LogP contribution in [-0.4, -0.2) is 34.5 Å². The third kappa shape index (κ3) is 3.09. The molecule has 2 fully saturated rings. The van der Waals surface area contributed by atoms with Crippen LogP contribution in [0.1, 0.15) is 51.9 Å². The maximum absolute atomic E-state index is 12.0. The average molecular weight is 308 g/mol. The zero-order valence-corrected chi connectivity index (χ0v) is 13.4. The van der Waals surface area contributed by atoms with Crippen LogP contribution >= 0.6 is 0 Å². The summed E-state index contributed by atoms with van der Waals surface area (Å²) in [7, 11) is 0. The van der Waals surface area contributed by atoms with Gasteiger partial charge in [0.15, 0.2) is 0 Å². The van der Waals surface area contributed by atoms with E-state index in [2.05, 4.69) is 12.2 Å². The lowest BCUT2D eigenvalue weighted by Crippen LogP contribution is -2.30. The smallest absolute Gasteiger partial charge is 0.306 e. The Bertz CT molecular complexity index is 433. The minimum Gasteiger partial charge on any atom is -0.462 e. The molecule has 2 N–H and O–H groups in total. The molecule has 2 aliphatic carbocycles. The maximum atomic E-state index is 12.0. The quantitative estimate of drug-likeness (QED) is 0.577. The molecule has 0 aromatic carbocycles. The molecule has 0 saturated heterocycles. The van der Waals surface area contributed by atoms with Gasteiger partial charge in [0.2, 0.25) is 0 Å². The molecular weight excluding hydrogens is 280 g/mol. The molecule has 22 heavy (non-hydrogen) atoms. The fourth-order valence-electron chi connectivity index (χ4n) is 4.72. The molecule has 0 bridgehead atoms. The van der Waals surface area contributed by atoms with Crippen molar-refractivity contribution in [2.75, 3.05) is 0 Å². The highest BCUT2D eigenvalue weighted by Gasteiger charge is 2.65. The molecule has 1 aliphatic heterocycles. The molecule has 0 amide bonds. The number of carbonyl (C=O) groups excluding carboxylic acids is 1. The van der Waals surface area contributed by atoms with E-state index in [4.69, 9.17) is 4.74 Å². The third-order valence-electron chi connectivity index (χ3n) is 5.80. The van der Waals surface area contributed by atoms with Gasteiger partial charge < -0.3 is 14.9 Å². The lowest BCUT2D eigenvalue weighted by atomic mass is 9.89. The van der Waals surface area contributed by atoms with Crippen molar-refractivity contribution < 1.29 is 19.7 Å². The Kier molecular flexibility index (Phi) is 4.88. The summed E-state index contributed by atoms with van der Waals surface area (Å²) >= 11 is 0. The minimum absolute atomic E-state index is 0.104. The second-order valence-corrected chi connectivity index (χ2v) is 7.16. The fraction of sp³-hybridized carbons (Fsp3) is 0.833. The van der Waals surface area contributed by atoms with Crippen LogP contribution in [0.3, 0.4) is 0 Å². The molecule has 124 valence electrons. The van der Waals surface area contributed by atoms with Crippen molar-refractivity contribution in [1.29, 1.82) is 0 Å². The van der Waals surface area contributed by atoms with E-state index in [1.807, 2.05) is 6.92 Å². The first-order valence-corrected chi connectivity index (χ1v) is 8.84. The molecule has 0 aromatic rings. The predicted octanol–water partition coefficient (Wildman–Crippen LogP) is 2.43. The highest BCUT2D eigenvalue weighted by molar-refractivity contribution is 5.69. The highest BCUT2D eigenvalue weighted by atomic mass is 16.5. The summed E-state index contributed by atoms with van der Waals surface area (Å²) in [5, 5.41) is 20.7. The number of allylic oxidation sites excluding steroid dienone is 1. The van der Waals surface area contributed by atoms with Gasteiger partial charge in [0.05, 0.1) is 12.2 Å².